The molecule has 0 radical (unpaired) electrons. The van der Waals surface area contributed by atoms with Crippen molar-refractivity contribution in [3.63, 3.8) is 0 Å². The molecule has 0 aliphatic carbocycles. The Balaban J connectivity index is 3.32. The van der Waals surface area contributed by atoms with Crippen molar-refractivity contribution >= 4 is 29.0 Å². The van der Waals surface area contributed by atoms with Gasteiger partial charge in [0.1, 0.15) is 5.75 Å². The normalized spacial score (nSPS) is 10.0. The molecule has 0 unspecified atom stereocenters. The lowest BCUT2D eigenvalue weighted by molar-refractivity contribution is 0.102. The highest BCUT2D eigenvalue weighted by atomic mass is 35.5. The largest absolute Gasteiger partial charge is 0.496 e. The number of ether oxygens (including phenoxy) is 1. The predicted octanol–water partition coefficient (Wildman–Crippen LogP) is 3.08. The Kier molecular flexibility index (Phi) is 3.78. The molecular weight excluding hydrogens is 223 g/mol. The molecule has 0 saturated carbocycles. The number of rotatable bonds is 3. The van der Waals surface area contributed by atoms with Crippen molar-refractivity contribution in [2.75, 3.05) is 13.0 Å². The average molecular weight is 233 g/mol. The first-order chi connectivity index (χ1) is 6.61. The fourth-order valence-corrected chi connectivity index (χ4v) is 1.73. The van der Waals surface area contributed by atoms with E-state index in [9.17, 15) is 4.79 Å². The zero-order chi connectivity index (χ0) is 10.7. The van der Waals surface area contributed by atoms with Gasteiger partial charge in [-0.25, -0.2) is 0 Å². The van der Waals surface area contributed by atoms with Crippen LogP contribution < -0.4 is 4.74 Å². The molecule has 0 bridgehead atoms. The van der Waals surface area contributed by atoms with Crippen molar-refractivity contribution in [1.82, 2.24) is 0 Å². The molecule has 0 aliphatic heterocycles. The molecular formula is C10H10Cl2O2. The summed E-state index contributed by atoms with van der Waals surface area (Å²) in [4.78, 5) is 11.5. The number of Topliss-reactive ketones (excluding diaryl/α,β-unsaturated/α-hetero) is 1. The van der Waals surface area contributed by atoms with Gasteiger partial charge in [0.2, 0.25) is 0 Å². The third-order valence-electron chi connectivity index (χ3n) is 1.98. The molecule has 0 saturated heterocycles. The third kappa shape index (κ3) is 2.02. The first kappa shape index (κ1) is 11.3. The molecule has 0 atom stereocenters. The van der Waals surface area contributed by atoms with E-state index >= 15 is 0 Å². The summed E-state index contributed by atoms with van der Waals surface area (Å²) in [7, 11) is 1.55. The summed E-state index contributed by atoms with van der Waals surface area (Å²) in [6.07, 6.45) is 0. The van der Waals surface area contributed by atoms with Gasteiger partial charge in [-0.3, -0.25) is 4.79 Å². The van der Waals surface area contributed by atoms with Crippen LogP contribution >= 0.6 is 23.2 Å². The number of carbonyl (C=O) groups is 1. The summed E-state index contributed by atoms with van der Waals surface area (Å²) in [6.45, 7) is 1.78. The number of halogens is 2. The monoisotopic (exact) mass is 232 g/mol. The number of methoxy groups -OCH3 is 1. The van der Waals surface area contributed by atoms with E-state index in [1.165, 1.54) is 0 Å². The van der Waals surface area contributed by atoms with Crippen LogP contribution in [0.5, 0.6) is 5.75 Å². The second kappa shape index (κ2) is 4.67. The van der Waals surface area contributed by atoms with E-state index in [1.807, 2.05) is 0 Å². The lowest BCUT2D eigenvalue weighted by Crippen LogP contribution is -2.05. The fourth-order valence-electron chi connectivity index (χ4n) is 1.29. The van der Waals surface area contributed by atoms with E-state index in [1.54, 1.807) is 26.2 Å². The average Bonchev–Trinajstić information content (AvgIpc) is 2.18. The Bertz CT molecular complexity index is 361. The van der Waals surface area contributed by atoms with Gasteiger partial charge < -0.3 is 4.74 Å². The first-order valence-corrected chi connectivity index (χ1v) is 4.95. The Morgan fingerprint density at radius 3 is 2.64 bits per heavy atom. The molecule has 0 fully saturated rings. The number of ketones is 1. The highest BCUT2D eigenvalue weighted by Gasteiger charge is 2.15. The molecule has 2 nitrogen and oxygen atoms in total. The molecule has 0 spiro atoms. The maximum Gasteiger partial charge on any atom is 0.179 e. The lowest BCUT2D eigenvalue weighted by atomic mass is 10.0. The standard InChI is InChI=1S/C10H10Cl2O2/c1-6-9(14-2)4-3-7(12)10(6)8(13)5-11/h3-4H,5H2,1-2H3. The number of hydrogen-bond acceptors (Lipinski definition) is 2. The second-order valence-corrected chi connectivity index (χ2v) is 3.48. The van der Waals surface area contributed by atoms with Crippen molar-refractivity contribution in [2.45, 2.75) is 6.92 Å². The van der Waals surface area contributed by atoms with Gasteiger partial charge in [0, 0.05) is 11.1 Å². The van der Waals surface area contributed by atoms with Gasteiger partial charge in [-0.05, 0) is 19.1 Å². The molecule has 76 valence electrons. The summed E-state index contributed by atoms with van der Waals surface area (Å²) in [5.74, 6) is 0.379. The second-order valence-electron chi connectivity index (χ2n) is 2.81. The summed E-state index contributed by atoms with van der Waals surface area (Å²) in [6, 6.07) is 3.36. The van der Waals surface area contributed by atoms with Gasteiger partial charge in [0.25, 0.3) is 0 Å². The minimum absolute atomic E-state index is 0.0757. The molecule has 4 heteroatoms. The van der Waals surface area contributed by atoms with Crippen LogP contribution in [0.25, 0.3) is 0 Å². The number of carbonyl (C=O) groups excluding carboxylic acids is 1. The summed E-state index contributed by atoms with van der Waals surface area (Å²) in [5, 5.41) is 0.411. The van der Waals surface area contributed by atoms with Crippen LogP contribution in [0.1, 0.15) is 15.9 Å². The topological polar surface area (TPSA) is 26.3 Å². The molecule has 1 aromatic rings. The third-order valence-corrected chi connectivity index (χ3v) is 2.54. The Hall–Kier alpha value is -0.730. The molecule has 1 rings (SSSR count). The minimum atomic E-state index is -0.187. The zero-order valence-corrected chi connectivity index (χ0v) is 9.45. The van der Waals surface area contributed by atoms with Gasteiger partial charge in [-0.2, -0.15) is 0 Å². The minimum Gasteiger partial charge on any atom is -0.496 e. The van der Waals surface area contributed by atoms with E-state index in [0.717, 1.165) is 5.56 Å². The van der Waals surface area contributed by atoms with E-state index in [0.29, 0.717) is 16.3 Å². The van der Waals surface area contributed by atoms with Crippen LogP contribution in [0.3, 0.4) is 0 Å². The van der Waals surface area contributed by atoms with Gasteiger partial charge in [0.05, 0.1) is 18.0 Å². The molecule has 1 aromatic carbocycles. The first-order valence-electron chi connectivity index (χ1n) is 4.04. The molecule has 0 heterocycles. The number of alkyl halides is 1. The van der Waals surface area contributed by atoms with E-state index < -0.39 is 0 Å². The quantitative estimate of drug-likeness (QED) is 0.592. The predicted molar refractivity (Wildman–Crippen MR) is 57.8 cm³/mol. The SMILES string of the molecule is COc1ccc(Cl)c(C(=O)CCl)c1C. The summed E-state index contributed by atoms with van der Waals surface area (Å²) < 4.78 is 5.08. The highest BCUT2D eigenvalue weighted by Crippen LogP contribution is 2.28. The van der Waals surface area contributed by atoms with Crippen molar-refractivity contribution < 1.29 is 9.53 Å². The van der Waals surface area contributed by atoms with Gasteiger partial charge in [-0.1, -0.05) is 11.6 Å². The summed E-state index contributed by atoms with van der Waals surface area (Å²) >= 11 is 11.4. The number of benzene rings is 1. The van der Waals surface area contributed by atoms with Crippen LogP contribution in [0, 0.1) is 6.92 Å². The Morgan fingerprint density at radius 1 is 1.50 bits per heavy atom. The van der Waals surface area contributed by atoms with Gasteiger partial charge in [-0.15, -0.1) is 11.6 Å². The summed E-state index contributed by atoms with van der Waals surface area (Å²) in [5.41, 5.74) is 1.17. The van der Waals surface area contributed by atoms with Gasteiger partial charge >= 0.3 is 0 Å². The molecule has 0 N–H and O–H groups in total. The molecule has 0 aromatic heterocycles. The van der Waals surface area contributed by atoms with Gasteiger partial charge in [0.15, 0.2) is 5.78 Å². The van der Waals surface area contributed by atoms with E-state index in [2.05, 4.69) is 0 Å². The maximum absolute atomic E-state index is 11.5. The van der Waals surface area contributed by atoms with Crippen molar-refractivity contribution in [2.24, 2.45) is 0 Å². The van der Waals surface area contributed by atoms with Crippen LogP contribution in [0.2, 0.25) is 5.02 Å². The smallest absolute Gasteiger partial charge is 0.179 e. The van der Waals surface area contributed by atoms with Crippen LogP contribution in [0.15, 0.2) is 12.1 Å². The molecule has 14 heavy (non-hydrogen) atoms. The van der Waals surface area contributed by atoms with Crippen LogP contribution in [0.4, 0.5) is 0 Å². The Labute approximate surface area is 92.8 Å². The van der Waals surface area contributed by atoms with Crippen LogP contribution in [-0.4, -0.2) is 18.8 Å². The number of hydrogen-bond donors (Lipinski definition) is 0. The fraction of sp³-hybridized carbons (Fsp3) is 0.300. The van der Waals surface area contributed by atoms with Crippen LogP contribution in [-0.2, 0) is 0 Å². The van der Waals surface area contributed by atoms with Crippen molar-refractivity contribution in [1.29, 1.82) is 0 Å². The van der Waals surface area contributed by atoms with Crippen molar-refractivity contribution in [3.05, 3.63) is 28.3 Å². The Morgan fingerprint density at radius 2 is 2.14 bits per heavy atom. The lowest BCUT2D eigenvalue weighted by Gasteiger charge is -2.10. The van der Waals surface area contributed by atoms with E-state index in [-0.39, 0.29) is 11.7 Å². The van der Waals surface area contributed by atoms with E-state index in [4.69, 9.17) is 27.9 Å². The zero-order valence-electron chi connectivity index (χ0n) is 7.93. The highest BCUT2D eigenvalue weighted by molar-refractivity contribution is 6.37. The maximum atomic E-state index is 11.5. The molecule has 0 aliphatic rings. The molecule has 0 amide bonds. The van der Waals surface area contributed by atoms with Crippen molar-refractivity contribution in [3.8, 4) is 5.75 Å².